The van der Waals surface area contributed by atoms with Crippen molar-refractivity contribution >= 4 is 28.1 Å². The molecule has 1 heterocycles. The van der Waals surface area contributed by atoms with Gasteiger partial charge in [0.25, 0.3) is 0 Å². The molecule has 2 aromatic rings. The summed E-state index contributed by atoms with van der Waals surface area (Å²) in [6, 6.07) is 6.36. The molecule has 0 aliphatic heterocycles. The van der Waals surface area contributed by atoms with Crippen molar-refractivity contribution in [2.24, 2.45) is 5.73 Å². The molecule has 0 saturated heterocycles. The van der Waals surface area contributed by atoms with E-state index in [4.69, 9.17) is 15.6 Å². The molecule has 0 aliphatic rings. The Kier molecular flexibility index (Phi) is 4.54. The molecule has 1 unspecified atom stereocenters. The van der Waals surface area contributed by atoms with Crippen LogP contribution >= 0.6 is 11.3 Å². The standard InChI is InChI=1S/C13H15N3O3S/c1-2-19-10-6-4-3-5-8(10)15-13-16-9(7-20-13)11(14)12(17)18/h3-7,11H,2,14H2,1H3,(H,15,16)(H,17,18). The number of ether oxygens (including phenoxy) is 1. The molecule has 0 bridgehead atoms. The van der Waals surface area contributed by atoms with E-state index < -0.39 is 12.0 Å². The number of thiazole rings is 1. The molecule has 1 aromatic carbocycles. The summed E-state index contributed by atoms with van der Waals surface area (Å²) in [6.07, 6.45) is 0. The van der Waals surface area contributed by atoms with E-state index in [2.05, 4.69) is 10.3 Å². The van der Waals surface area contributed by atoms with Gasteiger partial charge in [0.15, 0.2) is 5.13 Å². The number of anilines is 2. The zero-order chi connectivity index (χ0) is 14.5. The Hall–Kier alpha value is -2.12. The van der Waals surface area contributed by atoms with E-state index in [0.717, 1.165) is 5.69 Å². The average molecular weight is 293 g/mol. The average Bonchev–Trinajstić information content (AvgIpc) is 2.89. The number of nitrogens with zero attached hydrogens (tertiary/aromatic N) is 1. The quantitative estimate of drug-likeness (QED) is 0.756. The Morgan fingerprint density at radius 2 is 2.30 bits per heavy atom. The first-order valence-electron chi connectivity index (χ1n) is 6.04. The van der Waals surface area contributed by atoms with Crippen molar-refractivity contribution < 1.29 is 14.6 Å². The van der Waals surface area contributed by atoms with Gasteiger partial charge < -0.3 is 20.9 Å². The highest BCUT2D eigenvalue weighted by atomic mass is 32.1. The third-order valence-corrected chi connectivity index (χ3v) is 3.31. The molecule has 0 saturated carbocycles. The number of aromatic nitrogens is 1. The first kappa shape index (κ1) is 14.3. The summed E-state index contributed by atoms with van der Waals surface area (Å²) in [7, 11) is 0. The topological polar surface area (TPSA) is 97.5 Å². The van der Waals surface area contributed by atoms with Crippen molar-refractivity contribution in [3.8, 4) is 5.75 Å². The minimum absolute atomic E-state index is 0.332. The maximum Gasteiger partial charge on any atom is 0.326 e. The Bertz CT molecular complexity index is 600. The summed E-state index contributed by atoms with van der Waals surface area (Å²) in [6.45, 7) is 2.47. The van der Waals surface area contributed by atoms with Crippen molar-refractivity contribution in [1.29, 1.82) is 0 Å². The van der Waals surface area contributed by atoms with E-state index in [0.29, 0.717) is 23.2 Å². The van der Waals surface area contributed by atoms with Crippen molar-refractivity contribution in [3.05, 3.63) is 35.3 Å². The number of carboxylic acids is 1. The lowest BCUT2D eigenvalue weighted by Gasteiger charge is -2.10. The Morgan fingerprint density at radius 3 is 3.00 bits per heavy atom. The van der Waals surface area contributed by atoms with E-state index in [1.165, 1.54) is 11.3 Å². The number of para-hydroxylation sites is 2. The molecule has 7 heteroatoms. The van der Waals surface area contributed by atoms with Gasteiger partial charge in [0.1, 0.15) is 11.8 Å². The van der Waals surface area contributed by atoms with Crippen LogP contribution in [-0.4, -0.2) is 22.7 Å². The normalized spacial score (nSPS) is 11.9. The van der Waals surface area contributed by atoms with Gasteiger partial charge in [-0.15, -0.1) is 11.3 Å². The summed E-state index contributed by atoms with van der Waals surface area (Å²) in [5.41, 5.74) is 6.62. The molecular formula is C13H15N3O3S. The lowest BCUT2D eigenvalue weighted by molar-refractivity contribution is -0.138. The van der Waals surface area contributed by atoms with Crippen LogP contribution in [0.25, 0.3) is 0 Å². The number of carboxylic acid groups (broad SMARTS) is 1. The fourth-order valence-electron chi connectivity index (χ4n) is 1.58. The van der Waals surface area contributed by atoms with Gasteiger partial charge in [-0.05, 0) is 19.1 Å². The van der Waals surface area contributed by atoms with Crippen molar-refractivity contribution in [2.75, 3.05) is 11.9 Å². The molecule has 0 radical (unpaired) electrons. The fourth-order valence-corrected chi connectivity index (χ4v) is 2.34. The molecule has 0 spiro atoms. The zero-order valence-corrected chi connectivity index (χ0v) is 11.7. The van der Waals surface area contributed by atoms with Gasteiger partial charge in [0.05, 0.1) is 18.0 Å². The summed E-state index contributed by atoms with van der Waals surface area (Å²) in [5.74, 6) is -0.383. The maximum atomic E-state index is 10.8. The smallest absolute Gasteiger partial charge is 0.326 e. The number of rotatable bonds is 6. The summed E-state index contributed by atoms with van der Waals surface area (Å²) >= 11 is 1.30. The van der Waals surface area contributed by atoms with E-state index in [1.54, 1.807) is 5.38 Å². The number of carbonyl (C=O) groups is 1. The number of benzene rings is 1. The largest absolute Gasteiger partial charge is 0.492 e. The summed E-state index contributed by atoms with van der Waals surface area (Å²) in [5, 5.41) is 14.2. The minimum atomic E-state index is -1.11. The molecule has 20 heavy (non-hydrogen) atoms. The first-order valence-corrected chi connectivity index (χ1v) is 6.92. The second-order valence-electron chi connectivity index (χ2n) is 3.95. The highest BCUT2D eigenvalue weighted by molar-refractivity contribution is 7.13. The lowest BCUT2D eigenvalue weighted by Crippen LogP contribution is -2.20. The van der Waals surface area contributed by atoms with E-state index in [-0.39, 0.29) is 0 Å². The van der Waals surface area contributed by atoms with Gasteiger partial charge in [0.2, 0.25) is 0 Å². The molecule has 0 aliphatic carbocycles. The number of aliphatic carboxylic acids is 1. The third kappa shape index (κ3) is 3.25. The van der Waals surface area contributed by atoms with Gasteiger partial charge in [-0.2, -0.15) is 0 Å². The molecular weight excluding hydrogens is 278 g/mol. The predicted octanol–water partition coefficient (Wildman–Crippen LogP) is 2.37. The van der Waals surface area contributed by atoms with Crippen LogP contribution in [0.1, 0.15) is 18.7 Å². The molecule has 106 valence electrons. The first-order chi connectivity index (χ1) is 9.61. The molecule has 4 N–H and O–H groups in total. The highest BCUT2D eigenvalue weighted by Gasteiger charge is 2.18. The Morgan fingerprint density at radius 1 is 1.55 bits per heavy atom. The Labute approximate surface area is 120 Å². The van der Waals surface area contributed by atoms with Gasteiger partial charge in [-0.1, -0.05) is 12.1 Å². The number of hydrogen-bond acceptors (Lipinski definition) is 6. The molecule has 0 amide bonds. The zero-order valence-electron chi connectivity index (χ0n) is 10.9. The van der Waals surface area contributed by atoms with Gasteiger partial charge in [-0.25, -0.2) is 4.98 Å². The van der Waals surface area contributed by atoms with E-state index in [9.17, 15) is 4.79 Å². The number of hydrogen-bond donors (Lipinski definition) is 3. The van der Waals surface area contributed by atoms with Crippen LogP contribution in [0, 0.1) is 0 Å². The summed E-state index contributed by atoms with van der Waals surface area (Å²) in [4.78, 5) is 15.0. The van der Waals surface area contributed by atoms with Crippen LogP contribution in [-0.2, 0) is 4.79 Å². The van der Waals surface area contributed by atoms with Crippen LogP contribution in [0.5, 0.6) is 5.75 Å². The second kappa shape index (κ2) is 6.36. The fraction of sp³-hybridized carbons (Fsp3) is 0.231. The van der Waals surface area contributed by atoms with Crippen molar-refractivity contribution in [2.45, 2.75) is 13.0 Å². The second-order valence-corrected chi connectivity index (χ2v) is 4.81. The van der Waals surface area contributed by atoms with E-state index in [1.807, 2.05) is 31.2 Å². The van der Waals surface area contributed by atoms with Crippen LogP contribution in [0.2, 0.25) is 0 Å². The SMILES string of the molecule is CCOc1ccccc1Nc1nc(C(N)C(=O)O)cs1. The molecule has 1 atom stereocenters. The van der Waals surface area contributed by atoms with E-state index >= 15 is 0 Å². The van der Waals surface area contributed by atoms with Gasteiger partial charge >= 0.3 is 5.97 Å². The van der Waals surface area contributed by atoms with Crippen molar-refractivity contribution in [3.63, 3.8) is 0 Å². The van der Waals surface area contributed by atoms with Crippen LogP contribution in [0.3, 0.4) is 0 Å². The molecule has 0 fully saturated rings. The molecule has 2 rings (SSSR count). The third-order valence-electron chi connectivity index (χ3n) is 2.54. The van der Waals surface area contributed by atoms with Crippen LogP contribution < -0.4 is 15.8 Å². The lowest BCUT2D eigenvalue weighted by atomic mass is 10.2. The van der Waals surface area contributed by atoms with Crippen molar-refractivity contribution in [1.82, 2.24) is 4.98 Å². The van der Waals surface area contributed by atoms with Crippen LogP contribution in [0.4, 0.5) is 10.8 Å². The number of nitrogens with two attached hydrogens (primary N) is 1. The molecule has 6 nitrogen and oxygen atoms in total. The number of nitrogens with one attached hydrogen (secondary N) is 1. The Balaban J connectivity index is 2.17. The highest BCUT2D eigenvalue weighted by Crippen LogP contribution is 2.29. The monoisotopic (exact) mass is 293 g/mol. The van der Waals surface area contributed by atoms with Crippen LogP contribution in [0.15, 0.2) is 29.6 Å². The summed E-state index contributed by atoms with van der Waals surface area (Å²) < 4.78 is 5.50. The molecule has 1 aromatic heterocycles. The minimum Gasteiger partial charge on any atom is -0.492 e. The van der Waals surface area contributed by atoms with Gasteiger partial charge in [-0.3, -0.25) is 4.79 Å². The maximum absolute atomic E-state index is 10.8. The van der Waals surface area contributed by atoms with Gasteiger partial charge in [0, 0.05) is 5.38 Å². The predicted molar refractivity (Wildman–Crippen MR) is 77.6 cm³/mol.